The van der Waals surface area contributed by atoms with Crippen molar-refractivity contribution in [3.63, 3.8) is 0 Å². The molecular weight excluding hydrogens is 168 g/mol. The molecule has 2 bridgehead atoms. The minimum absolute atomic E-state index is 0.784. The quantitative estimate of drug-likeness (QED) is 0.585. The number of hydrogen-bond donors (Lipinski definition) is 0. The molecule has 0 aliphatic heterocycles. The number of rotatable bonds is 1. The van der Waals surface area contributed by atoms with E-state index in [1.165, 1.54) is 12.0 Å². The third-order valence-electron chi connectivity index (χ3n) is 4.04. The van der Waals surface area contributed by atoms with Crippen LogP contribution < -0.4 is 0 Å². The monoisotopic (exact) mass is 184 g/mol. The van der Waals surface area contributed by atoms with Crippen molar-refractivity contribution in [3.8, 4) is 0 Å². The molecule has 2 aliphatic rings. The van der Waals surface area contributed by atoms with Crippen molar-refractivity contribution in [2.24, 2.45) is 17.8 Å². The Labute approximate surface area is 85.6 Å². The Balaban J connectivity index is 1.97. The summed E-state index contributed by atoms with van der Waals surface area (Å²) in [5.74, 6) is 3.29. The maximum Gasteiger partial charge on any atom is -0.00675 e. The molecule has 0 aromatic heterocycles. The Hall–Kier alpha value is -1.04. The Morgan fingerprint density at radius 2 is 1.71 bits per heavy atom. The van der Waals surface area contributed by atoms with Gasteiger partial charge >= 0.3 is 0 Å². The van der Waals surface area contributed by atoms with Crippen LogP contribution >= 0.6 is 0 Å². The van der Waals surface area contributed by atoms with E-state index >= 15 is 0 Å². The molecular formula is C14H16. The van der Waals surface area contributed by atoms with Gasteiger partial charge in [0.25, 0.3) is 0 Å². The van der Waals surface area contributed by atoms with Gasteiger partial charge < -0.3 is 0 Å². The molecule has 0 spiro atoms. The molecule has 1 aromatic carbocycles. The second-order valence-corrected chi connectivity index (χ2v) is 4.74. The average molecular weight is 184 g/mol. The van der Waals surface area contributed by atoms with Crippen LogP contribution in [-0.2, 0) is 0 Å². The van der Waals surface area contributed by atoms with Crippen molar-refractivity contribution < 1.29 is 0 Å². The van der Waals surface area contributed by atoms with Gasteiger partial charge in [0.2, 0.25) is 0 Å². The molecule has 72 valence electrons. The zero-order valence-corrected chi connectivity index (χ0v) is 8.56. The molecule has 0 heterocycles. The molecule has 1 aromatic rings. The summed E-state index contributed by atoms with van der Waals surface area (Å²) in [6.45, 7) is 2.41. The summed E-state index contributed by atoms with van der Waals surface area (Å²) in [7, 11) is 0. The van der Waals surface area contributed by atoms with Crippen LogP contribution in [0.4, 0.5) is 0 Å². The summed E-state index contributed by atoms with van der Waals surface area (Å²) in [5.41, 5.74) is 1.54. The molecule has 0 saturated heterocycles. The van der Waals surface area contributed by atoms with Crippen molar-refractivity contribution in [2.45, 2.75) is 19.3 Å². The zero-order valence-electron chi connectivity index (χ0n) is 8.56. The fourth-order valence-electron chi connectivity index (χ4n) is 3.30. The van der Waals surface area contributed by atoms with Crippen molar-refractivity contribution in [1.29, 1.82) is 0 Å². The first-order chi connectivity index (χ1) is 6.86. The molecule has 14 heavy (non-hydrogen) atoms. The summed E-state index contributed by atoms with van der Waals surface area (Å²) < 4.78 is 0. The smallest absolute Gasteiger partial charge is 0.00675 e. The van der Waals surface area contributed by atoms with Crippen LogP contribution in [0.3, 0.4) is 0 Å². The van der Waals surface area contributed by atoms with E-state index in [2.05, 4.69) is 49.4 Å². The minimum Gasteiger partial charge on any atom is -0.0848 e. The lowest BCUT2D eigenvalue weighted by Crippen LogP contribution is -2.14. The highest BCUT2D eigenvalue weighted by Gasteiger charge is 2.42. The van der Waals surface area contributed by atoms with E-state index in [9.17, 15) is 0 Å². The second kappa shape index (κ2) is 2.98. The zero-order chi connectivity index (χ0) is 9.54. The third-order valence-corrected chi connectivity index (χ3v) is 4.04. The minimum atomic E-state index is 0.784. The summed E-state index contributed by atoms with van der Waals surface area (Å²) in [4.78, 5) is 0. The highest BCUT2D eigenvalue weighted by atomic mass is 14.5. The number of fused-ring (bicyclic) bond motifs is 2. The number of hydrogen-bond acceptors (Lipinski definition) is 0. The maximum absolute atomic E-state index is 2.43. The van der Waals surface area contributed by atoms with Gasteiger partial charge in [0.15, 0.2) is 0 Å². The molecule has 0 radical (unpaired) electrons. The lowest BCUT2D eigenvalue weighted by Gasteiger charge is -2.25. The molecule has 0 amide bonds. The van der Waals surface area contributed by atoms with Crippen LogP contribution in [-0.4, -0.2) is 0 Å². The van der Waals surface area contributed by atoms with Crippen LogP contribution in [0.15, 0.2) is 42.5 Å². The van der Waals surface area contributed by atoms with Gasteiger partial charge in [-0.2, -0.15) is 0 Å². The van der Waals surface area contributed by atoms with Gasteiger partial charge in [-0.25, -0.2) is 0 Å². The lowest BCUT2D eigenvalue weighted by atomic mass is 9.80. The van der Waals surface area contributed by atoms with Crippen molar-refractivity contribution in [3.05, 3.63) is 48.0 Å². The summed E-state index contributed by atoms with van der Waals surface area (Å²) in [5, 5.41) is 0. The molecule has 1 fully saturated rings. The van der Waals surface area contributed by atoms with Gasteiger partial charge in [0.1, 0.15) is 0 Å². The Bertz CT molecular complexity index is 350. The largest absolute Gasteiger partial charge is 0.0848 e. The first-order valence-electron chi connectivity index (χ1n) is 5.59. The fourth-order valence-corrected chi connectivity index (χ4v) is 3.30. The van der Waals surface area contributed by atoms with Gasteiger partial charge in [-0.1, -0.05) is 49.4 Å². The van der Waals surface area contributed by atoms with Crippen molar-refractivity contribution in [2.75, 3.05) is 0 Å². The molecule has 1 saturated carbocycles. The van der Waals surface area contributed by atoms with E-state index in [0.29, 0.717) is 0 Å². The second-order valence-electron chi connectivity index (χ2n) is 4.74. The van der Waals surface area contributed by atoms with Crippen LogP contribution in [0.25, 0.3) is 0 Å². The van der Waals surface area contributed by atoms with E-state index in [0.717, 1.165) is 23.7 Å². The van der Waals surface area contributed by atoms with Gasteiger partial charge in [-0.15, -0.1) is 0 Å². The van der Waals surface area contributed by atoms with Crippen LogP contribution in [0, 0.1) is 17.8 Å². The summed E-state index contributed by atoms with van der Waals surface area (Å²) >= 11 is 0. The predicted molar refractivity (Wildman–Crippen MR) is 59.1 cm³/mol. The average Bonchev–Trinajstić information content (AvgIpc) is 2.79. The normalized spacial score (nSPS) is 39.2. The third kappa shape index (κ3) is 1.06. The SMILES string of the molecule is CC1C2C=CC(C2)C1c1ccccc1. The molecule has 2 aliphatic carbocycles. The molecule has 0 N–H and O–H groups in total. The van der Waals surface area contributed by atoms with E-state index in [1.54, 1.807) is 0 Å². The van der Waals surface area contributed by atoms with Gasteiger partial charge in [0.05, 0.1) is 0 Å². The van der Waals surface area contributed by atoms with Gasteiger partial charge in [0, 0.05) is 0 Å². The van der Waals surface area contributed by atoms with Crippen molar-refractivity contribution in [1.82, 2.24) is 0 Å². The fraction of sp³-hybridized carbons (Fsp3) is 0.429. The summed E-state index contributed by atoms with van der Waals surface area (Å²) in [6, 6.07) is 11.0. The highest BCUT2D eigenvalue weighted by molar-refractivity contribution is 5.28. The molecule has 0 nitrogen and oxygen atoms in total. The van der Waals surface area contributed by atoms with Gasteiger partial charge in [-0.05, 0) is 35.7 Å². The molecule has 0 heteroatoms. The maximum atomic E-state index is 2.43. The van der Waals surface area contributed by atoms with Crippen molar-refractivity contribution >= 4 is 0 Å². The van der Waals surface area contributed by atoms with E-state index in [4.69, 9.17) is 0 Å². The topological polar surface area (TPSA) is 0 Å². The highest BCUT2D eigenvalue weighted by Crippen LogP contribution is 2.52. The Kier molecular flexibility index (Phi) is 1.76. The van der Waals surface area contributed by atoms with Crippen LogP contribution in [0.5, 0.6) is 0 Å². The Morgan fingerprint density at radius 3 is 2.36 bits per heavy atom. The van der Waals surface area contributed by atoms with Crippen LogP contribution in [0.2, 0.25) is 0 Å². The molecule has 3 rings (SSSR count). The molecule has 4 unspecified atom stereocenters. The Morgan fingerprint density at radius 1 is 1.00 bits per heavy atom. The van der Waals surface area contributed by atoms with Gasteiger partial charge in [-0.3, -0.25) is 0 Å². The summed E-state index contributed by atoms with van der Waals surface area (Å²) in [6.07, 6.45) is 6.25. The first-order valence-corrected chi connectivity index (χ1v) is 5.59. The van der Waals surface area contributed by atoms with E-state index < -0.39 is 0 Å². The molecule has 4 atom stereocenters. The lowest BCUT2D eigenvalue weighted by molar-refractivity contribution is 0.431. The standard InChI is InChI=1S/C14H16/c1-10-12-7-8-13(9-12)14(10)11-5-3-2-4-6-11/h2-8,10,12-14H,9H2,1H3. The van der Waals surface area contributed by atoms with Crippen LogP contribution in [0.1, 0.15) is 24.8 Å². The predicted octanol–water partition coefficient (Wildman–Crippen LogP) is 3.61. The van der Waals surface area contributed by atoms with E-state index in [-0.39, 0.29) is 0 Å². The number of allylic oxidation sites excluding steroid dienone is 2. The first kappa shape index (κ1) is 8.28. The number of benzene rings is 1. The van der Waals surface area contributed by atoms with E-state index in [1.807, 2.05) is 0 Å².